The third kappa shape index (κ3) is 5.31. The Morgan fingerprint density at radius 1 is 1.00 bits per heavy atom. The Morgan fingerprint density at radius 2 is 1.80 bits per heavy atom. The molecule has 7 rings (SSSR count). The molecule has 0 saturated heterocycles. The number of fused-ring (bicyclic) bond motifs is 1. The van der Waals surface area contributed by atoms with E-state index in [1.165, 1.54) is 29.6 Å². The minimum Gasteiger partial charge on any atom is -0.345 e. The van der Waals surface area contributed by atoms with Crippen molar-refractivity contribution in [2.75, 3.05) is 11.9 Å². The number of nitrogens with zero attached hydrogens (tertiary/aromatic N) is 7. The summed E-state index contributed by atoms with van der Waals surface area (Å²) in [7, 11) is 0. The van der Waals surface area contributed by atoms with Crippen LogP contribution in [0, 0.1) is 5.82 Å². The first-order valence-corrected chi connectivity index (χ1v) is 14.3. The van der Waals surface area contributed by atoms with Crippen LogP contribution < -0.4 is 5.32 Å². The van der Waals surface area contributed by atoms with E-state index in [2.05, 4.69) is 35.6 Å². The highest BCUT2D eigenvalue weighted by molar-refractivity contribution is 6.30. The predicted octanol–water partition coefficient (Wildman–Crippen LogP) is 5.29. The van der Waals surface area contributed by atoms with Crippen molar-refractivity contribution in [3.05, 3.63) is 126 Å². The SMILES string of the molecule is O=C(Nc1ccc(-c2ncc[nH]2)cc1)[C@@H]1c2cccc(-c3cncnc3)c2CCN1C(=O)c1cn(-c2cccc(Cl)c2F)nn1. The van der Waals surface area contributed by atoms with Gasteiger partial charge in [-0.2, -0.15) is 0 Å². The van der Waals surface area contributed by atoms with Crippen LogP contribution in [0.25, 0.3) is 28.2 Å². The van der Waals surface area contributed by atoms with Gasteiger partial charge >= 0.3 is 0 Å². The fourth-order valence-corrected chi connectivity index (χ4v) is 5.69. The summed E-state index contributed by atoms with van der Waals surface area (Å²) in [6, 6.07) is 16.3. The lowest BCUT2D eigenvalue weighted by Gasteiger charge is -2.36. The summed E-state index contributed by atoms with van der Waals surface area (Å²) in [4.78, 5) is 45.2. The Balaban J connectivity index is 1.24. The highest BCUT2D eigenvalue weighted by atomic mass is 35.5. The van der Waals surface area contributed by atoms with Crippen molar-refractivity contribution in [2.24, 2.45) is 0 Å². The Labute approximate surface area is 260 Å². The lowest BCUT2D eigenvalue weighted by molar-refractivity contribution is -0.121. The molecule has 0 radical (unpaired) electrons. The van der Waals surface area contributed by atoms with Gasteiger partial charge in [-0.15, -0.1) is 5.10 Å². The molecule has 4 heterocycles. The van der Waals surface area contributed by atoms with E-state index in [-0.39, 0.29) is 22.9 Å². The standard InChI is InChI=1S/C32H23ClFN9O2/c33-25-5-2-6-27(28(25)34)43-17-26(40-41-43)32(45)42-14-11-23-22(20-15-35-18-36-16-20)3-1-4-24(23)29(42)31(44)39-21-9-7-19(8-10-21)30-37-12-13-38-30/h1-10,12-13,15-18,29H,11,14H2,(H,37,38)(H,39,44)/t29-/m0/s1. The Bertz CT molecular complexity index is 2010. The van der Waals surface area contributed by atoms with Gasteiger partial charge in [0.15, 0.2) is 11.5 Å². The molecule has 3 aromatic heterocycles. The maximum Gasteiger partial charge on any atom is 0.277 e. The smallest absolute Gasteiger partial charge is 0.277 e. The van der Waals surface area contributed by atoms with Gasteiger partial charge in [0.05, 0.1) is 11.2 Å². The fourth-order valence-electron chi connectivity index (χ4n) is 5.52. The normalized spacial score (nSPS) is 14.2. The summed E-state index contributed by atoms with van der Waals surface area (Å²) in [5, 5.41) is 10.9. The van der Waals surface area contributed by atoms with Crippen molar-refractivity contribution in [3.8, 4) is 28.2 Å². The number of carbonyl (C=O) groups excluding carboxylic acids is 2. The van der Waals surface area contributed by atoms with E-state index in [9.17, 15) is 14.0 Å². The highest BCUT2D eigenvalue weighted by Gasteiger charge is 2.38. The van der Waals surface area contributed by atoms with Gasteiger partial charge in [-0.25, -0.2) is 24.0 Å². The van der Waals surface area contributed by atoms with Gasteiger partial charge in [-0.3, -0.25) is 9.59 Å². The molecule has 222 valence electrons. The third-order valence-electron chi connectivity index (χ3n) is 7.62. The van der Waals surface area contributed by atoms with Crippen molar-refractivity contribution in [2.45, 2.75) is 12.5 Å². The van der Waals surface area contributed by atoms with E-state index in [1.54, 1.807) is 43.0 Å². The van der Waals surface area contributed by atoms with Crippen LogP contribution in [0.5, 0.6) is 0 Å². The zero-order valence-electron chi connectivity index (χ0n) is 23.4. The van der Waals surface area contributed by atoms with E-state index >= 15 is 0 Å². The zero-order chi connectivity index (χ0) is 30.9. The molecular weight excluding hydrogens is 597 g/mol. The maximum atomic E-state index is 14.7. The molecule has 13 heteroatoms. The number of halogens is 2. The number of nitrogens with one attached hydrogen (secondary N) is 2. The number of anilines is 1. The number of aromatic nitrogens is 7. The van der Waals surface area contributed by atoms with E-state index in [0.29, 0.717) is 23.5 Å². The molecule has 11 nitrogen and oxygen atoms in total. The number of benzene rings is 3. The van der Waals surface area contributed by atoms with E-state index < -0.39 is 23.7 Å². The predicted molar refractivity (Wildman–Crippen MR) is 164 cm³/mol. The second-order valence-corrected chi connectivity index (χ2v) is 10.7. The lowest BCUT2D eigenvalue weighted by atomic mass is 9.86. The Morgan fingerprint density at radius 3 is 2.58 bits per heavy atom. The van der Waals surface area contributed by atoms with Crippen LogP contribution in [0.1, 0.15) is 27.7 Å². The van der Waals surface area contributed by atoms with Gasteiger partial charge in [0.2, 0.25) is 0 Å². The van der Waals surface area contributed by atoms with Crippen LogP contribution in [0.15, 0.2) is 98.0 Å². The molecule has 0 spiro atoms. The van der Waals surface area contributed by atoms with Crippen LogP contribution in [0.4, 0.5) is 10.1 Å². The van der Waals surface area contributed by atoms with E-state index in [0.717, 1.165) is 26.9 Å². The molecular formula is C32H23ClFN9O2. The molecule has 2 N–H and O–H groups in total. The minimum atomic E-state index is -1.01. The number of amides is 2. The molecule has 1 atom stereocenters. The van der Waals surface area contributed by atoms with E-state index in [4.69, 9.17) is 11.6 Å². The van der Waals surface area contributed by atoms with Crippen LogP contribution in [0.3, 0.4) is 0 Å². The summed E-state index contributed by atoms with van der Waals surface area (Å²) in [5.41, 5.74) is 4.64. The summed E-state index contributed by atoms with van der Waals surface area (Å²) in [6.07, 6.45) is 10.1. The highest BCUT2D eigenvalue weighted by Crippen LogP contribution is 2.37. The number of hydrogen-bond acceptors (Lipinski definition) is 7. The average Bonchev–Trinajstić information content (AvgIpc) is 3.79. The van der Waals surface area contributed by atoms with Crippen LogP contribution in [-0.4, -0.2) is 58.2 Å². The quantitative estimate of drug-likeness (QED) is 0.259. The maximum absolute atomic E-state index is 14.7. The van der Waals surface area contributed by atoms with Crippen molar-refractivity contribution < 1.29 is 14.0 Å². The van der Waals surface area contributed by atoms with Gasteiger partial charge in [0, 0.05) is 48.1 Å². The molecule has 6 aromatic rings. The monoisotopic (exact) mass is 619 g/mol. The fraction of sp³-hybridized carbons (Fsp3) is 0.0938. The number of hydrogen-bond donors (Lipinski definition) is 2. The summed E-state index contributed by atoms with van der Waals surface area (Å²) < 4.78 is 15.8. The zero-order valence-corrected chi connectivity index (χ0v) is 24.2. The second-order valence-electron chi connectivity index (χ2n) is 10.3. The topological polar surface area (TPSA) is 135 Å². The molecule has 1 aliphatic heterocycles. The van der Waals surface area contributed by atoms with Gasteiger partial charge in [0.25, 0.3) is 11.8 Å². The molecule has 0 saturated carbocycles. The molecule has 0 bridgehead atoms. The molecule has 3 aromatic carbocycles. The number of rotatable bonds is 6. The first-order chi connectivity index (χ1) is 22.0. The Hall–Kier alpha value is -5.75. The van der Waals surface area contributed by atoms with Crippen molar-refractivity contribution in [1.29, 1.82) is 0 Å². The van der Waals surface area contributed by atoms with Gasteiger partial charge in [-0.05, 0) is 59.5 Å². The van der Waals surface area contributed by atoms with Gasteiger partial charge in [-0.1, -0.05) is 41.1 Å². The van der Waals surface area contributed by atoms with E-state index in [1.807, 2.05) is 30.3 Å². The lowest BCUT2D eigenvalue weighted by Crippen LogP contribution is -2.45. The molecule has 0 fully saturated rings. The van der Waals surface area contributed by atoms with Gasteiger partial charge < -0.3 is 15.2 Å². The van der Waals surface area contributed by atoms with Crippen LogP contribution in [-0.2, 0) is 11.2 Å². The molecule has 1 aliphatic rings. The molecule has 0 unspecified atom stereocenters. The third-order valence-corrected chi connectivity index (χ3v) is 7.91. The summed E-state index contributed by atoms with van der Waals surface area (Å²) in [5.74, 6) is -0.933. The number of imidazole rings is 1. The average molecular weight is 620 g/mol. The summed E-state index contributed by atoms with van der Waals surface area (Å²) in [6.45, 7) is 0.213. The Kier molecular flexibility index (Phi) is 7.31. The van der Waals surface area contributed by atoms with Gasteiger partial charge in [0.1, 0.15) is 23.9 Å². The van der Waals surface area contributed by atoms with Crippen molar-refractivity contribution in [3.63, 3.8) is 0 Å². The van der Waals surface area contributed by atoms with Crippen LogP contribution >= 0.6 is 11.6 Å². The first-order valence-electron chi connectivity index (χ1n) is 13.9. The largest absolute Gasteiger partial charge is 0.345 e. The second kappa shape index (κ2) is 11.7. The number of H-pyrrole nitrogens is 1. The molecule has 2 amide bonds. The van der Waals surface area contributed by atoms with Crippen LogP contribution in [0.2, 0.25) is 5.02 Å². The molecule has 0 aliphatic carbocycles. The molecule has 45 heavy (non-hydrogen) atoms. The minimum absolute atomic E-state index is 0.0417. The summed E-state index contributed by atoms with van der Waals surface area (Å²) >= 11 is 5.95. The number of aromatic amines is 1. The number of carbonyl (C=O) groups is 2. The van der Waals surface area contributed by atoms with Crippen molar-refractivity contribution >= 4 is 29.1 Å². The van der Waals surface area contributed by atoms with Crippen molar-refractivity contribution in [1.82, 2.24) is 39.8 Å². The first kappa shape index (κ1) is 28.0.